The SMILES string of the molecule is Cc1cccc(S(=O)(=O)N(C)[C@@H]2CNC[C@H]2O)c1. The minimum Gasteiger partial charge on any atom is -0.390 e. The number of hydrogen-bond donors (Lipinski definition) is 2. The van der Waals surface area contributed by atoms with Gasteiger partial charge in [-0.15, -0.1) is 0 Å². The van der Waals surface area contributed by atoms with Crippen LogP contribution in [-0.2, 0) is 10.0 Å². The fraction of sp³-hybridized carbons (Fsp3) is 0.500. The van der Waals surface area contributed by atoms with Crippen LogP contribution in [0, 0.1) is 6.92 Å². The molecule has 1 aliphatic heterocycles. The number of aliphatic hydroxyl groups excluding tert-OH is 1. The fourth-order valence-electron chi connectivity index (χ4n) is 2.14. The molecular weight excluding hydrogens is 252 g/mol. The molecule has 1 heterocycles. The van der Waals surface area contributed by atoms with Gasteiger partial charge in [-0.05, 0) is 24.6 Å². The first-order valence-electron chi connectivity index (χ1n) is 5.86. The van der Waals surface area contributed by atoms with E-state index in [0.29, 0.717) is 13.1 Å². The molecule has 0 aliphatic carbocycles. The van der Waals surface area contributed by atoms with Gasteiger partial charge in [-0.3, -0.25) is 0 Å². The zero-order chi connectivity index (χ0) is 13.3. The van der Waals surface area contributed by atoms with E-state index in [4.69, 9.17) is 0 Å². The molecule has 0 amide bonds. The molecule has 1 saturated heterocycles. The van der Waals surface area contributed by atoms with Crippen molar-refractivity contribution in [2.75, 3.05) is 20.1 Å². The van der Waals surface area contributed by atoms with Gasteiger partial charge in [-0.2, -0.15) is 4.31 Å². The van der Waals surface area contributed by atoms with E-state index in [1.165, 1.54) is 11.4 Å². The number of rotatable bonds is 3. The second kappa shape index (κ2) is 4.97. The Balaban J connectivity index is 2.31. The number of aliphatic hydroxyl groups is 1. The monoisotopic (exact) mass is 270 g/mol. The van der Waals surface area contributed by atoms with E-state index in [9.17, 15) is 13.5 Å². The van der Waals surface area contributed by atoms with Crippen LogP contribution in [0.4, 0.5) is 0 Å². The molecule has 2 N–H and O–H groups in total. The first kappa shape index (κ1) is 13.5. The molecule has 2 atom stereocenters. The number of benzene rings is 1. The molecule has 1 aromatic rings. The number of aryl methyl sites for hydroxylation is 1. The van der Waals surface area contributed by atoms with E-state index >= 15 is 0 Å². The van der Waals surface area contributed by atoms with E-state index in [2.05, 4.69) is 5.32 Å². The molecular formula is C12H18N2O3S. The van der Waals surface area contributed by atoms with Crippen LogP contribution in [0.1, 0.15) is 5.56 Å². The average molecular weight is 270 g/mol. The van der Waals surface area contributed by atoms with Crippen LogP contribution in [0.15, 0.2) is 29.2 Å². The quantitative estimate of drug-likeness (QED) is 0.808. The summed E-state index contributed by atoms with van der Waals surface area (Å²) in [4.78, 5) is 0.268. The van der Waals surface area contributed by atoms with E-state index in [0.717, 1.165) is 5.56 Å². The van der Waals surface area contributed by atoms with E-state index in [-0.39, 0.29) is 4.90 Å². The first-order valence-corrected chi connectivity index (χ1v) is 7.30. The van der Waals surface area contributed by atoms with Crippen LogP contribution in [0.2, 0.25) is 0 Å². The third-order valence-corrected chi connectivity index (χ3v) is 5.16. The van der Waals surface area contributed by atoms with Gasteiger partial charge in [0, 0.05) is 20.1 Å². The number of β-amino-alcohol motifs (C(OH)–C–C–N with tert-alkyl or cyclic N) is 1. The average Bonchev–Trinajstić information content (AvgIpc) is 2.74. The van der Waals surface area contributed by atoms with Crippen molar-refractivity contribution in [3.05, 3.63) is 29.8 Å². The molecule has 0 spiro atoms. The summed E-state index contributed by atoms with van der Waals surface area (Å²) >= 11 is 0. The number of likely N-dealkylation sites (N-methyl/N-ethyl adjacent to an activating group) is 1. The Morgan fingerprint density at radius 3 is 2.67 bits per heavy atom. The second-order valence-corrected chi connectivity index (χ2v) is 6.63. The van der Waals surface area contributed by atoms with Gasteiger partial charge in [0.1, 0.15) is 0 Å². The summed E-state index contributed by atoms with van der Waals surface area (Å²) in [5.74, 6) is 0. The first-order chi connectivity index (χ1) is 8.43. The predicted octanol–water partition coefficient (Wildman–Crippen LogP) is -0.0518. The van der Waals surface area contributed by atoms with Crippen molar-refractivity contribution in [2.45, 2.75) is 24.0 Å². The number of sulfonamides is 1. The molecule has 0 unspecified atom stereocenters. The smallest absolute Gasteiger partial charge is 0.243 e. The summed E-state index contributed by atoms with van der Waals surface area (Å²) in [5, 5.41) is 12.7. The Hall–Kier alpha value is -0.950. The molecule has 18 heavy (non-hydrogen) atoms. The van der Waals surface area contributed by atoms with Crippen LogP contribution in [-0.4, -0.2) is 50.1 Å². The summed E-state index contributed by atoms with van der Waals surface area (Å²) in [6, 6.07) is 6.38. The zero-order valence-electron chi connectivity index (χ0n) is 10.5. The van der Waals surface area contributed by atoms with Gasteiger partial charge in [0.25, 0.3) is 0 Å². The van der Waals surface area contributed by atoms with Crippen LogP contribution in [0.3, 0.4) is 0 Å². The standard InChI is InChI=1S/C12H18N2O3S/c1-9-4-3-5-10(6-9)18(16,17)14(2)11-7-13-8-12(11)15/h3-6,11-13,15H,7-8H2,1-2H3/t11-,12-/m1/s1. The Morgan fingerprint density at radius 2 is 2.11 bits per heavy atom. The number of hydrogen-bond acceptors (Lipinski definition) is 4. The Bertz CT molecular complexity index is 530. The van der Waals surface area contributed by atoms with Crippen molar-refractivity contribution >= 4 is 10.0 Å². The van der Waals surface area contributed by atoms with Crippen LogP contribution in [0.5, 0.6) is 0 Å². The van der Waals surface area contributed by atoms with Crippen molar-refractivity contribution in [3.8, 4) is 0 Å². The van der Waals surface area contributed by atoms with Gasteiger partial charge in [-0.25, -0.2) is 8.42 Å². The lowest BCUT2D eigenvalue weighted by Gasteiger charge is -2.25. The summed E-state index contributed by atoms with van der Waals surface area (Å²) < 4.78 is 26.1. The lowest BCUT2D eigenvalue weighted by Crippen LogP contribution is -2.44. The Kier molecular flexibility index (Phi) is 3.72. The maximum atomic E-state index is 12.4. The highest BCUT2D eigenvalue weighted by Crippen LogP contribution is 2.20. The zero-order valence-corrected chi connectivity index (χ0v) is 11.3. The third-order valence-electron chi connectivity index (χ3n) is 3.28. The summed E-state index contributed by atoms with van der Waals surface area (Å²) in [6.07, 6.45) is -0.658. The third kappa shape index (κ3) is 2.42. The van der Waals surface area contributed by atoms with E-state index in [1.807, 2.05) is 13.0 Å². The number of nitrogens with one attached hydrogen (secondary N) is 1. The van der Waals surface area contributed by atoms with Gasteiger partial charge in [-0.1, -0.05) is 12.1 Å². The molecule has 1 fully saturated rings. The van der Waals surface area contributed by atoms with Crippen molar-refractivity contribution in [1.29, 1.82) is 0 Å². The van der Waals surface area contributed by atoms with Crippen molar-refractivity contribution in [3.63, 3.8) is 0 Å². The van der Waals surface area contributed by atoms with Crippen LogP contribution in [0.25, 0.3) is 0 Å². The highest BCUT2D eigenvalue weighted by molar-refractivity contribution is 7.89. The molecule has 6 heteroatoms. The normalized spacial score (nSPS) is 24.7. The maximum Gasteiger partial charge on any atom is 0.243 e. The predicted molar refractivity (Wildman–Crippen MR) is 68.8 cm³/mol. The number of nitrogens with zero attached hydrogens (tertiary/aromatic N) is 1. The summed E-state index contributed by atoms with van der Waals surface area (Å²) in [7, 11) is -2.03. The molecule has 5 nitrogen and oxygen atoms in total. The van der Waals surface area contributed by atoms with E-state index < -0.39 is 22.2 Å². The topological polar surface area (TPSA) is 69.6 Å². The summed E-state index contributed by atoms with van der Waals surface area (Å²) in [5.41, 5.74) is 0.898. The van der Waals surface area contributed by atoms with Gasteiger partial charge >= 0.3 is 0 Å². The Morgan fingerprint density at radius 1 is 1.39 bits per heavy atom. The molecule has 0 aromatic heterocycles. The maximum absolute atomic E-state index is 12.4. The molecule has 100 valence electrons. The van der Waals surface area contributed by atoms with Crippen molar-refractivity contribution in [2.24, 2.45) is 0 Å². The van der Waals surface area contributed by atoms with Gasteiger partial charge in [0.2, 0.25) is 10.0 Å². The highest BCUT2D eigenvalue weighted by Gasteiger charge is 2.35. The van der Waals surface area contributed by atoms with Crippen LogP contribution >= 0.6 is 0 Å². The Labute approximate surface area is 107 Å². The molecule has 0 radical (unpaired) electrons. The fourth-order valence-corrected chi connectivity index (χ4v) is 3.63. The molecule has 0 saturated carbocycles. The van der Waals surface area contributed by atoms with Crippen molar-refractivity contribution in [1.82, 2.24) is 9.62 Å². The van der Waals surface area contributed by atoms with Crippen molar-refractivity contribution < 1.29 is 13.5 Å². The highest BCUT2D eigenvalue weighted by atomic mass is 32.2. The minimum atomic E-state index is -3.54. The van der Waals surface area contributed by atoms with Gasteiger partial charge < -0.3 is 10.4 Å². The molecule has 1 aliphatic rings. The summed E-state index contributed by atoms with van der Waals surface area (Å²) in [6.45, 7) is 2.76. The van der Waals surface area contributed by atoms with E-state index in [1.54, 1.807) is 18.2 Å². The molecule has 2 rings (SSSR count). The lowest BCUT2D eigenvalue weighted by molar-refractivity contribution is 0.136. The van der Waals surface area contributed by atoms with Gasteiger partial charge in [0.15, 0.2) is 0 Å². The second-order valence-electron chi connectivity index (χ2n) is 4.63. The molecule has 1 aromatic carbocycles. The van der Waals surface area contributed by atoms with Gasteiger partial charge in [0.05, 0.1) is 17.0 Å². The largest absolute Gasteiger partial charge is 0.390 e. The molecule has 0 bridgehead atoms. The minimum absolute atomic E-state index is 0.268. The van der Waals surface area contributed by atoms with Crippen LogP contribution < -0.4 is 5.32 Å². The lowest BCUT2D eigenvalue weighted by atomic mass is 10.2.